The molecule has 0 aliphatic heterocycles. The Hall–Kier alpha value is -2.33. The van der Waals surface area contributed by atoms with Gasteiger partial charge in [-0.25, -0.2) is 0 Å². The van der Waals surface area contributed by atoms with Crippen molar-refractivity contribution in [2.75, 3.05) is 7.05 Å². The number of benzene rings is 2. The van der Waals surface area contributed by atoms with Crippen LogP contribution in [0.25, 0.3) is 0 Å². The van der Waals surface area contributed by atoms with Gasteiger partial charge in [0, 0.05) is 7.05 Å². The molecule has 0 aliphatic rings. The van der Waals surface area contributed by atoms with Gasteiger partial charge in [-0.2, -0.15) is 0 Å². The molecule has 0 bridgehead atoms. The van der Waals surface area contributed by atoms with Crippen molar-refractivity contribution >= 4 is 5.91 Å². The predicted molar refractivity (Wildman–Crippen MR) is 90.5 cm³/mol. The first kappa shape index (κ1) is 17.0. The minimum Gasteiger partial charge on any atom is -0.489 e. The maximum Gasteiger partial charge on any atom is 0.253 e. The van der Waals surface area contributed by atoms with E-state index in [4.69, 9.17) is 4.74 Å². The van der Waals surface area contributed by atoms with Gasteiger partial charge in [-0.05, 0) is 54.7 Å². The molecule has 0 heterocycles. The lowest BCUT2D eigenvalue weighted by Crippen LogP contribution is -2.26. The van der Waals surface area contributed by atoms with E-state index in [1.165, 1.54) is 18.2 Å². The van der Waals surface area contributed by atoms with Crippen LogP contribution in [0.2, 0.25) is 0 Å². The summed E-state index contributed by atoms with van der Waals surface area (Å²) in [4.78, 5) is 11.7. The van der Waals surface area contributed by atoms with Crippen molar-refractivity contribution < 1.29 is 14.6 Å². The van der Waals surface area contributed by atoms with Crippen molar-refractivity contribution in [2.45, 2.75) is 33.5 Å². The summed E-state index contributed by atoms with van der Waals surface area (Å²) in [5, 5.41) is 12.6. The zero-order valence-corrected chi connectivity index (χ0v) is 14.0. The van der Waals surface area contributed by atoms with Crippen LogP contribution < -0.4 is 10.1 Å². The number of rotatable bonds is 5. The third-order valence-electron chi connectivity index (χ3n) is 4.02. The van der Waals surface area contributed by atoms with Crippen molar-refractivity contribution in [2.24, 2.45) is 0 Å². The van der Waals surface area contributed by atoms with Crippen molar-refractivity contribution in [3.63, 3.8) is 0 Å². The highest BCUT2D eigenvalue weighted by molar-refractivity contribution is 5.82. The second-order valence-corrected chi connectivity index (χ2v) is 5.71. The van der Waals surface area contributed by atoms with E-state index in [0.29, 0.717) is 12.2 Å². The average molecular weight is 313 g/mol. The van der Waals surface area contributed by atoms with Gasteiger partial charge in [0.25, 0.3) is 5.91 Å². The quantitative estimate of drug-likeness (QED) is 0.892. The lowest BCUT2D eigenvalue weighted by molar-refractivity contribution is -0.129. The standard InChI is InChI=1S/C19H23NO3/c1-12-9-14(3)17(10-13(12)2)23-11-15-7-5-6-8-16(15)18(21)19(22)20-4/h5-10,18,21H,11H2,1-4H3,(H,20,22). The predicted octanol–water partition coefficient (Wildman–Crippen LogP) is 2.97. The number of amides is 1. The maximum absolute atomic E-state index is 11.7. The molecule has 1 atom stereocenters. The van der Waals surface area contributed by atoms with Gasteiger partial charge in [-0.1, -0.05) is 30.3 Å². The fourth-order valence-corrected chi connectivity index (χ4v) is 2.46. The number of carbonyl (C=O) groups excluding carboxylic acids is 1. The third-order valence-corrected chi connectivity index (χ3v) is 4.02. The molecule has 2 aromatic rings. The van der Waals surface area contributed by atoms with E-state index in [2.05, 4.69) is 18.3 Å². The van der Waals surface area contributed by atoms with Crippen molar-refractivity contribution in [3.8, 4) is 5.75 Å². The van der Waals surface area contributed by atoms with Gasteiger partial charge in [-0.3, -0.25) is 4.79 Å². The molecule has 0 fully saturated rings. The summed E-state index contributed by atoms with van der Waals surface area (Å²) in [6.07, 6.45) is -1.19. The Bertz CT molecular complexity index is 710. The van der Waals surface area contributed by atoms with Gasteiger partial charge in [-0.15, -0.1) is 0 Å². The molecule has 1 amide bonds. The molecule has 2 rings (SSSR count). The smallest absolute Gasteiger partial charge is 0.253 e. The summed E-state index contributed by atoms with van der Waals surface area (Å²) in [7, 11) is 1.50. The zero-order valence-electron chi connectivity index (χ0n) is 14.0. The highest BCUT2D eigenvalue weighted by atomic mass is 16.5. The third kappa shape index (κ3) is 3.90. The number of likely N-dealkylation sites (N-methyl/N-ethyl adjacent to an activating group) is 1. The Labute approximate surface area is 137 Å². The number of nitrogens with one attached hydrogen (secondary N) is 1. The van der Waals surface area contributed by atoms with Crippen LogP contribution in [0.3, 0.4) is 0 Å². The number of aliphatic hydroxyl groups is 1. The molecule has 0 aromatic heterocycles. The number of aliphatic hydroxyl groups excluding tert-OH is 1. The largest absolute Gasteiger partial charge is 0.489 e. The van der Waals surface area contributed by atoms with E-state index < -0.39 is 12.0 Å². The molecule has 0 saturated carbocycles. The zero-order chi connectivity index (χ0) is 17.0. The summed E-state index contributed by atoms with van der Waals surface area (Å²) in [5.74, 6) is 0.386. The normalized spacial score (nSPS) is 11.9. The lowest BCUT2D eigenvalue weighted by atomic mass is 10.0. The van der Waals surface area contributed by atoms with Crippen molar-refractivity contribution in [1.29, 1.82) is 0 Å². The van der Waals surface area contributed by atoms with Crippen LogP contribution in [0.15, 0.2) is 36.4 Å². The van der Waals surface area contributed by atoms with Crippen LogP contribution in [0.1, 0.15) is 33.9 Å². The first-order valence-corrected chi connectivity index (χ1v) is 7.62. The van der Waals surface area contributed by atoms with E-state index in [1.54, 1.807) is 12.1 Å². The number of aryl methyl sites for hydroxylation is 3. The van der Waals surface area contributed by atoms with Gasteiger partial charge in [0.2, 0.25) is 0 Å². The molecule has 0 radical (unpaired) electrons. The topological polar surface area (TPSA) is 58.6 Å². The van der Waals surface area contributed by atoms with Crippen molar-refractivity contribution in [1.82, 2.24) is 5.32 Å². The summed E-state index contributed by atoms with van der Waals surface area (Å²) < 4.78 is 5.92. The van der Waals surface area contributed by atoms with Gasteiger partial charge >= 0.3 is 0 Å². The van der Waals surface area contributed by atoms with Gasteiger partial charge in [0.15, 0.2) is 6.10 Å². The number of ether oxygens (including phenoxy) is 1. The first-order chi connectivity index (χ1) is 10.9. The van der Waals surface area contributed by atoms with Crippen molar-refractivity contribution in [3.05, 3.63) is 64.2 Å². The number of hydrogen-bond donors (Lipinski definition) is 2. The van der Waals surface area contributed by atoms with Crippen LogP contribution in [-0.4, -0.2) is 18.1 Å². The molecule has 23 heavy (non-hydrogen) atoms. The molecule has 2 N–H and O–H groups in total. The Kier molecular flexibility index (Phi) is 5.40. The maximum atomic E-state index is 11.7. The van der Waals surface area contributed by atoms with Gasteiger partial charge in [0.1, 0.15) is 12.4 Å². The van der Waals surface area contributed by atoms with Crippen LogP contribution in [0.4, 0.5) is 0 Å². The van der Waals surface area contributed by atoms with E-state index in [0.717, 1.165) is 16.9 Å². The summed E-state index contributed by atoms with van der Waals surface area (Å²) >= 11 is 0. The number of hydrogen-bond acceptors (Lipinski definition) is 3. The molecule has 4 nitrogen and oxygen atoms in total. The molecular weight excluding hydrogens is 290 g/mol. The second kappa shape index (κ2) is 7.29. The molecule has 0 spiro atoms. The Morgan fingerprint density at radius 1 is 1.13 bits per heavy atom. The number of carbonyl (C=O) groups is 1. The fourth-order valence-electron chi connectivity index (χ4n) is 2.46. The highest BCUT2D eigenvalue weighted by Crippen LogP contribution is 2.25. The molecular formula is C19H23NO3. The minimum atomic E-state index is -1.19. The molecule has 1 unspecified atom stereocenters. The molecule has 122 valence electrons. The SMILES string of the molecule is CNC(=O)C(O)c1ccccc1COc1cc(C)c(C)cc1C. The summed E-state index contributed by atoms with van der Waals surface area (Å²) in [6, 6.07) is 11.4. The highest BCUT2D eigenvalue weighted by Gasteiger charge is 2.19. The Balaban J connectivity index is 2.22. The molecule has 4 heteroatoms. The molecule has 2 aromatic carbocycles. The molecule has 0 aliphatic carbocycles. The average Bonchev–Trinajstić information content (AvgIpc) is 2.55. The summed E-state index contributed by atoms with van der Waals surface area (Å²) in [5.41, 5.74) is 4.82. The van der Waals surface area contributed by atoms with Crippen LogP contribution in [0, 0.1) is 20.8 Å². The van der Waals surface area contributed by atoms with E-state index in [1.807, 2.05) is 32.0 Å². The van der Waals surface area contributed by atoms with E-state index >= 15 is 0 Å². The van der Waals surface area contributed by atoms with Crippen LogP contribution >= 0.6 is 0 Å². The summed E-state index contributed by atoms with van der Waals surface area (Å²) in [6.45, 7) is 6.42. The van der Waals surface area contributed by atoms with Crippen LogP contribution in [-0.2, 0) is 11.4 Å². The van der Waals surface area contributed by atoms with E-state index in [9.17, 15) is 9.90 Å². The fraction of sp³-hybridized carbons (Fsp3) is 0.316. The minimum absolute atomic E-state index is 0.299. The van der Waals surface area contributed by atoms with E-state index in [-0.39, 0.29) is 0 Å². The Morgan fingerprint density at radius 3 is 2.48 bits per heavy atom. The Morgan fingerprint density at radius 2 is 1.78 bits per heavy atom. The van der Waals surface area contributed by atoms with Gasteiger partial charge < -0.3 is 15.2 Å². The first-order valence-electron chi connectivity index (χ1n) is 7.62. The lowest BCUT2D eigenvalue weighted by Gasteiger charge is -2.16. The monoisotopic (exact) mass is 313 g/mol. The van der Waals surface area contributed by atoms with Gasteiger partial charge in [0.05, 0.1) is 0 Å². The van der Waals surface area contributed by atoms with Crippen LogP contribution in [0.5, 0.6) is 5.75 Å². The second-order valence-electron chi connectivity index (χ2n) is 5.71. The molecule has 0 saturated heterocycles.